The van der Waals surface area contributed by atoms with Crippen LogP contribution in [0.15, 0.2) is 28.6 Å². The third-order valence-corrected chi connectivity index (χ3v) is 4.01. The molecule has 5 nitrogen and oxygen atoms in total. The maximum Gasteiger partial charge on any atom is 0.319 e. The van der Waals surface area contributed by atoms with Crippen molar-refractivity contribution in [3.63, 3.8) is 0 Å². The molecule has 0 bridgehead atoms. The Morgan fingerprint density at radius 2 is 2.11 bits per heavy atom. The molecule has 0 radical (unpaired) electrons. The van der Waals surface area contributed by atoms with Crippen molar-refractivity contribution in [1.82, 2.24) is 5.32 Å². The molecule has 1 rings (SSSR count). The van der Waals surface area contributed by atoms with Crippen LogP contribution in [0.2, 0.25) is 0 Å². The maximum absolute atomic E-state index is 13.2. The number of hydrogen-bond donors (Lipinski definition) is 2. The number of amides is 2. The first-order valence-electron chi connectivity index (χ1n) is 5.32. The molecule has 0 saturated heterocycles. The second-order valence-electron chi connectivity index (χ2n) is 3.71. The van der Waals surface area contributed by atoms with Crippen LogP contribution in [0.3, 0.4) is 0 Å². The summed E-state index contributed by atoms with van der Waals surface area (Å²) in [6.07, 6.45) is 1.52. The molecular formula is C11H16FN3O2S. The normalized spacial score (nSPS) is 13.5. The van der Waals surface area contributed by atoms with Gasteiger partial charge in [0.1, 0.15) is 5.82 Å². The van der Waals surface area contributed by atoms with Gasteiger partial charge in [-0.15, -0.1) is 0 Å². The Morgan fingerprint density at radius 3 is 2.72 bits per heavy atom. The fraction of sp³-hybridized carbons (Fsp3) is 0.364. The lowest BCUT2D eigenvalue weighted by Crippen LogP contribution is -2.32. The molecule has 0 aliphatic rings. The molecule has 0 unspecified atom stereocenters. The number of hydrogen-bond acceptors (Lipinski definition) is 3. The van der Waals surface area contributed by atoms with Crippen LogP contribution in [0, 0.1) is 5.82 Å². The number of anilines is 1. The number of carbonyl (C=O) groups is 1. The summed E-state index contributed by atoms with van der Waals surface area (Å²) in [5.41, 5.74) is 0.104. The summed E-state index contributed by atoms with van der Waals surface area (Å²) in [5, 5.41) is 4.86. The van der Waals surface area contributed by atoms with Crippen molar-refractivity contribution in [1.29, 1.82) is 0 Å². The van der Waals surface area contributed by atoms with E-state index in [2.05, 4.69) is 15.0 Å². The molecular weight excluding hydrogens is 257 g/mol. The highest BCUT2D eigenvalue weighted by Crippen LogP contribution is 2.11. The second kappa shape index (κ2) is 6.34. The zero-order valence-corrected chi connectivity index (χ0v) is 11.1. The Morgan fingerprint density at radius 1 is 1.44 bits per heavy atom. The van der Waals surface area contributed by atoms with E-state index < -0.39 is 21.6 Å². The molecule has 0 heterocycles. The van der Waals surface area contributed by atoms with Crippen molar-refractivity contribution in [3.05, 3.63) is 30.1 Å². The van der Waals surface area contributed by atoms with Gasteiger partial charge in [-0.05, 0) is 12.1 Å². The van der Waals surface area contributed by atoms with Gasteiger partial charge in [0.05, 0.1) is 5.69 Å². The first kappa shape index (κ1) is 14.4. The molecule has 0 spiro atoms. The molecule has 0 saturated carbocycles. The zero-order valence-electron chi connectivity index (χ0n) is 10.3. The number of urea groups is 1. The lowest BCUT2D eigenvalue weighted by Gasteiger charge is -2.08. The fourth-order valence-corrected chi connectivity index (χ4v) is 1.84. The van der Waals surface area contributed by atoms with Gasteiger partial charge >= 0.3 is 6.03 Å². The van der Waals surface area contributed by atoms with Crippen LogP contribution in [0.4, 0.5) is 14.9 Å². The molecule has 1 atom stereocenters. The van der Waals surface area contributed by atoms with Crippen molar-refractivity contribution in [2.45, 2.75) is 0 Å². The van der Waals surface area contributed by atoms with Crippen molar-refractivity contribution in [3.8, 4) is 0 Å². The van der Waals surface area contributed by atoms with Crippen LogP contribution in [0.5, 0.6) is 0 Å². The third kappa shape index (κ3) is 4.70. The Hall–Kier alpha value is -1.63. The van der Waals surface area contributed by atoms with E-state index in [1.54, 1.807) is 6.07 Å². The van der Waals surface area contributed by atoms with Crippen LogP contribution >= 0.6 is 0 Å². The van der Waals surface area contributed by atoms with E-state index in [1.165, 1.54) is 31.5 Å². The third-order valence-electron chi connectivity index (χ3n) is 2.27. The average Bonchev–Trinajstić information content (AvgIpc) is 2.32. The van der Waals surface area contributed by atoms with Crippen LogP contribution in [0.25, 0.3) is 0 Å². The van der Waals surface area contributed by atoms with Gasteiger partial charge in [-0.1, -0.05) is 12.1 Å². The van der Waals surface area contributed by atoms with Gasteiger partial charge in [0.2, 0.25) is 0 Å². The van der Waals surface area contributed by atoms with Gasteiger partial charge < -0.3 is 10.6 Å². The highest BCUT2D eigenvalue weighted by Gasteiger charge is 2.06. The van der Waals surface area contributed by atoms with Crippen LogP contribution < -0.4 is 10.6 Å². The van der Waals surface area contributed by atoms with Crippen molar-refractivity contribution >= 4 is 21.4 Å². The molecule has 7 heteroatoms. The molecule has 0 aliphatic carbocycles. The highest BCUT2D eigenvalue weighted by molar-refractivity contribution is 7.92. The van der Waals surface area contributed by atoms with E-state index in [4.69, 9.17) is 0 Å². The molecule has 2 N–H and O–H groups in total. The molecule has 1 aromatic carbocycles. The summed E-state index contributed by atoms with van der Waals surface area (Å²) in [4.78, 5) is 11.4. The number of benzene rings is 1. The first-order valence-corrected chi connectivity index (χ1v) is 7.41. The number of halogens is 1. The molecule has 0 aromatic heterocycles. The van der Waals surface area contributed by atoms with Crippen LogP contribution in [-0.4, -0.2) is 35.8 Å². The van der Waals surface area contributed by atoms with E-state index in [-0.39, 0.29) is 18.0 Å². The van der Waals surface area contributed by atoms with Crippen molar-refractivity contribution in [2.24, 2.45) is 4.36 Å². The Kier molecular flexibility index (Phi) is 5.08. The molecule has 100 valence electrons. The van der Waals surface area contributed by atoms with Crippen LogP contribution in [-0.2, 0) is 9.73 Å². The quantitative estimate of drug-likeness (QED) is 0.876. The Labute approximate surface area is 106 Å². The molecule has 0 aliphatic heterocycles. The van der Waals surface area contributed by atoms with E-state index in [0.717, 1.165) is 0 Å². The number of nitrogens with one attached hydrogen (secondary N) is 2. The molecule has 0 fully saturated rings. The van der Waals surface area contributed by atoms with Gasteiger partial charge in [-0.3, -0.25) is 0 Å². The zero-order chi connectivity index (χ0) is 13.6. The van der Waals surface area contributed by atoms with E-state index in [9.17, 15) is 13.4 Å². The smallest absolute Gasteiger partial charge is 0.319 e. The first-order chi connectivity index (χ1) is 8.44. The van der Waals surface area contributed by atoms with Gasteiger partial charge in [-0.2, -0.15) is 0 Å². The van der Waals surface area contributed by atoms with Gasteiger partial charge in [0, 0.05) is 35.3 Å². The molecule has 18 heavy (non-hydrogen) atoms. The van der Waals surface area contributed by atoms with Crippen molar-refractivity contribution in [2.75, 3.05) is 30.9 Å². The van der Waals surface area contributed by atoms with Gasteiger partial charge in [0.15, 0.2) is 0 Å². The number of carbonyl (C=O) groups excluding carboxylic acids is 1. The lowest BCUT2D eigenvalue weighted by molar-refractivity contribution is 0.252. The summed E-state index contributed by atoms with van der Waals surface area (Å²) >= 11 is 0. The van der Waals surface area contributed by atoms with Crippen LogP contribution in [0.1, 0.15) is 0 Å². The summed E-state index contributed by atoms with van der Waals surface area (Å²) < 4.78 is 28.5. The minimum absolute atomic E-state index is 0.104. The summed E-state index contributed by atoms with van der Waals surface area (Å²) in [6, 6.07) is 5.33. The van der Waals surface area contributed by atoms with E-state index in [0.29, 0.717) is 0 Å². The second-order valence-corrected chi connectivity index (χ2v) is 6.40. The summed E-state index contributed by atoms with van der Waals surface area (Å²) in [6.45, 7) is 0.215. The number of rotatable bonds is 4. The summed E-state index contributed by atoms with van der Waals surface area (Å²) in [7, 11) is -0.764. The monoisotopic (exact) mass is 273 g/mol. The Bertz CT molecular complexity index is 539. The molecule has 1 aromatic rings. The topological polar surface area (TPSA) is 70.6 Å². The lowest BCUT2D eigenvalue weighted by atomic mass is 10.3. The predicted octanol–water partition coefficient (Wildman–Crippen LogP) is 1.67. The fourth-order valence-electron chi connectivity index (χ4n) is 1.17. The highest BCUT2D eigenvalue weighted by atomic mass is 32.2. The Balaban J connectivity index is 2.44. The van der Waals surface area contributed by atoms with Gasteiger partial charge in [-0.25, -0.2) is 17.8 Å². The molecule has 2 amide bonds. The largest absolute Gasteiger partial charge is 0.337 e. The van der Waals surface area contributed by atoms with Crippen molar-refractivity contribution < 1.29 is 13.4 Å². The minimum Gasteiger partial charge on any atom is -0.337 e. The maximum atomic E-state index is 13.2. The van der Waals surface area contributed by atoms with Gasteiger partial charge in [0.25, 0.3) is 0 Å². The minimum atomic E-state index is -2.24. The average molecular weight is 273 g/mol. The predicted molar refractivity (Wildman–Crippen MR) is 70.7 cm³/mol. The number of para-hydroxylation sites is 1. The SMILES string of the molecule is CN=[S@@](C)(=O)CCNC(=O)Nc1ccccc1F. The summed E-state index contributed by atoms with van der Waals surface area (Å²) in [5.74, 6) is -0.246. The van der Waals surface area contributed by atoms with E-state index >= 15 is 0 Å². The number of nitrogens with zero attached hydrogens (tertiary/aromatic N) is 1. The van der Waals surface area contributed by atoms with E-state index in [1.807, 2.05) is 0 Å². The standard InChI is InChI=1S/C11H16FN3O2S/c1-13-18(2,17)8-7-14-11(16)15-10-6-4-3-5-9(10)12/h3-6H,7-8H2,1-2H3,(H2,14,15,16)/t18-/m0/s1.